The number of aliphatic hydroxyl groups is 3. The van der Waals surface area contributed by atoms with Gasteiger partial charge in [-0.3, -0.25) is 48.1 Å². The minimum Gasteiger partial charge on any atom is -0.394 e. The van der Waals surface area contributed by atoms with Gasteiger partial charge in [0.25, 0.3) is 0 Å². The van der Waals surface area contributed by atoms with Crippen LogP contribution in [0.1, 0.15) is 105 Å². The molecule has 0 aromatic rings. The van der Waals surface area contributed by atoms with E-state index in [0.717, 1.165) is 6.92 Å². The highest BCUT2D eigenvalue weighted by Gasteiger charge is 2.35. The fourth-order valence-electron chi connectivity index (χ4n) is 6.14. The number of rotatable bonds is 36. The molecule has 0 fully saturated rings. The molecule has 0 bridgehead atoms. The topological polar surface area (TPSA) is 470 Å². The summed E-state index contributed by atoms with van der Waals surface area (Å²) in [6.45, 7) is 5.34. The Balaban J connectivity index is 6.32. The van der Waals surface area contributed by atoms with Crippen LogP contribution in [-0.4, -0.2) is 168 Å². The van der Waals surface area contributed by atoms with Crippen LogP contribution in [0.15, 0.2) is 4.99 Å². The van der Waals surface area contributed by atoms with Crippen LogP contribution < -0.4 is 71.2 Å². The lowest BCUT2D eigenvalue weighted by Crippen LogP contribution is -2.61. The molecule has 0 saturated heterocycles. The molecule has 0 aromatic carbocycles. The normalized spacial score (nSPS) is 15.4. The van der Waals surface area contributed by atoms with Crippen molar-refractivity contribution >= 4 is 65.4 Å². The monoisotopic (exact) mass is 973 g/mol. The Bertz CT molecular complexity index is 1680. The fraction of sp³-hybridized carbons (Fsp3) is 0.732. The van der Waals surface area contributed by atoms with Gasteiger partial charge in [0.2, 0.25) is 53.2 Å². The van der Waals surface area contributed by atoms with Gasteiger partial charge >= 0.3 is 0 Å². The van der Waals surface area contributed by atoms with Gasteiger partial charge in [-0.2, -0.15) is 0 Å². The number of nitrogens with zero attached hydrogens (tertiary/aromatic N) is 1. The molecule has 0 aromatic heterocycles. The molecular weight excluding hydrogens is 897 g/mol. The lowest BCUT2D eigenvalue weighted by Gasteiger charge is -2.28. The van der Waals surface area contributed by atoms with Crippen molar-refractivity contribution in [2.24, 2.45) is 33.7 Å². The average Bonchev–Trinajstić information content (AvgIpc) is 3.27. The summed E-state index contributed by atoms with van der Waals surface area (Å²) in [6, 6.07) is -11.4. The molecule has 0 aliphatic heterocycles. The van der Waals surface area contributed by atoms with Gasteiger partial charge in [-0.05, 0) is 91.5 Å². The molecule has 68 heavy (non-hydrogen) atoms. The highest BCUT2D eigenvalue weighted by molar-refractivity contribution is 5.97. The van der Waals surface area contributed by atoms with Crippen molar-refractivity contribution in [2.75, 3.05) is 26.2 Å². The number of carbonyl (C=O) groups excluding carboxylic acids is 10. The molecule has 0 aliphatic rings. The number of amides is 9. The average molecular weight is 973 g/mol. The van der Waals surface area contributed by atoms with Gasteiger partial charge in [-0.25, -0.2) is 0 Å². The SMILES string of the molecule is CCCC(=O)NCCCC[C@H](NC(=O)[C@H](CCCN=C(N)N)NC(=O)[C@H](C)NC(=O)[C@@H](NC(=O)[C@H](CCC(N)=O)NC(=O)[C@H](CCCCN)NC(=O)[C@@H](N)[C@@H](C)O)[C@@H](C)O)C(=O)N[C@H](C=O)CO. The van der Waals surface area contributed by atoms with Crippen LogP contribution >= 0.6 is 0 Å². The van der Waals surface area contributed by atoms with Gasteiger partial charge in [0.1, 0.15) is 54.6 Å². The van der Waals surface area contributed by atoms with Crippen molar-refractivity contribution in [3.8, 4) is 0 Å². The number of carbonyl (C=O) groups is 10. The molecule has 0 heterocycles. The lowest BCUT2D eigenvalue weighted by atomic mass is 10.0. The van der Waals surface area contributed by atoms with E-state index < -0.39 is 121 Å². The van der Waals surface area contributed by atoms with Crippen molar-refractivity contribution in [1.29, 1.82) is 0 Å². The summed E-state index contributed by atoms with van der Waals surface area (Å²) in [5.41, 5.74) is 27.5. The number of hydrogen-bond acceptors (Lipinski definition) is 16. The molecule has 388 valence electrons. The first-order valence-electron chi connectivity index (χ1n) is 22.6. The summed E-state index contributed by atoms with van der Waals surface area (Å²) in [7, 11) is 0. The molecule has 0 saturated carbocycles. The first-order chi connectivity index (χ1) is 32.0. The van der Waals surface area contributed by atoms with Crippen molar-refractivity contribution in [3.05, 3.63) is 0 Å². The van der Waals surface area contributed by atoms with Crippen LogP contribution in [0.2, 0.25) is 0 Å². The summed E-state index contributed by atoms with van der Waals surface area (Å²) < 4.78 is 0. The summed E-state index contributed by atoms with van der Waals surface area (Å²) in [5.74, 6) is -7.80. The molecule has 0 radical (unpaired) electrons. The predicted molar refractivity (Wildman–Crippen MR) is 247 cm³/mol. The van der Waals surface area contributed by atoms with Gasteiger partial charge in [0, 0.05) is 25.9 Å². The van der Waals surface area contributed by atoms with Crippen molar-refractivity contribution in [2.45, 2.75) is 165 Å². The summed E-state index contributed by atoms with van der Waals surface area (Å²) in [6.07, 6.45) is -0.809. The van der Waals surface area contributed by atoms with E-state index in [1.807, 2.05) is 6.92 Å². The quantitative estimate of drug-likeness (QED) is 0.0120. The molecule has 0 unspecified atom stereocenters. The van der Waals surface area contributed by atoms with Gasteiger partial charge in [0.05, 0.1) is 18.8 Å². The second-order valence-electron chi connectivity index (χ2n) is 16.2. The van der Waals surface area contributed by atoms with Crippen LogP contribution in [0.4, 0.5) is 0 Å². The molecule has 21 N–H and O–H groups in total. The van der Waals surface area contributed by atoms with E-state index >= 15 is 0 Å². The smallest absolute Gasteiger partial charge is 0.245 e. The number of nitrogens with two attached hydrogens (primary N) is 5. The number of nitrogens with one attached hydrogen (secondary N) is 8. The number of hydrogen-bond donors (Lipinski definition) is 16. The number of guanidine groups is 1. The molecule has 10 atom stereocenters. The minimum absolute atomic E-state index is 0.0173. The zero-order valence-corrected chi connectivity index (χ0v) is 39.4. The molecule has 0 rings (SSSR count). The molecular formula is C41H76N14O13. The Kier molecular flexibility index (Phi) is 31.2. The van der Waals surface area contributed by atoms with Crippen LogP contribution in [0.5, 0.6) is 0 Å². The van der Waals surface area contributed by atoms with Crippen molar-refractivity contribution in [3.63, 3.8) is 0 Å². The number of primary amides is 1. The maximum absolute atomic E-state index is 13.8. The van der Waals surface area contributed by atoms with E-state index in [9.17, 15) is 63.3 Å². The Morgan fingerprint density at radius 3 is 1.59 bits per heavy atom. The highest BCUT2D eigenvalue weighted by Crippen LogP contribution is 2.09. The molecule has 27 heteroatoms. The fourth-order valence-corrected chi connectivity index (χ4v) is 6.14. The summed E-state index contributed by atoms with van der Waals surface area (Å²) >= 11 is 0. The van der Waals surface area contributed by atoms with E-state index in [1.54, 1.807) is 0 Å². The van der Waals surface area contributed by atoms with E-state index in [-0.39, 0.29) is 63.6 Å². The third-order valence-corrected chi connectivity index (χ3v) is 10.1. The third kappa shape index (κ3) is 25.8. The lowest BCUT2D eigenvalue weighted by molar-refractivity contribution is -0.137. The van der Waals surface area contributed by atoms with Gasteiger partial charge in [0.15, 0.2) is 5.96 Å². The largest absolute Gasteiger partial charge is 0.394 e. The van der Waals surface area contributed by atoms with Gasteiger partial charge < -0.3 is 91.3 Å². The second-order valence-corrected chi connectivity index (χ2v) is 16.2. The van der Waals surface area contributed by atoms with E-state index in [4.69, 9.17) is 28.7 Å². The standard InChI is InChI=1S/C41H76N14O13/c1-5-11-31(61)47-18-9-7-13-26(35(63)50-25(20-56)21-57)52-37(65)28(14-10-19-48-41(45)46)51-34(62)22(2)49-40(68)33(24(4)59)55-38(66)29(15-16-30(43)60)53-36(64)27(12-6-8-17-42)54-39(67)32(44)23(3)58/h20,22-29,32-33,57-59H,5-19,21,42,44H2,1-4H3,(H2,43,60)(H,47,61)(H,49,68)(H,50,63)(H,51,62)(H,52,65)(H,53,64)(H,54,67)(H,55,66)(H4,45,46,48)/t22-,23+,24+,25+,26-,27-,28-,29-,32-,33-/m0/s1. The Hall–Kier alpha value is -6.03. The molecule has 0 spiro atoms. The first kappa shape index (κ1) is 62.0. The minimum atomic E-state index is -1.78. The second kappa shape index (κ2) is 34.3. The molecule has 27 nitrogen and oxygen atoms in total. The van der Waals surface area contributed by atoms with E-state index in [0.29, 0.717) is 44.8 Å². The molecule has 9 amide bonds. The van der Waals surface area contributed by atoms with Gasteiger partial charge in [-0.15, -0.1) is 0 Å². The Labute approximate surface area is 395 Å². The highest BCUT2D eigenvalue weighted by atomic mass is 16.3. The third-order valence-electron chi connectivity index (χ3n) is 10.1. The first-order valence-corrected chi connectivity index (χ1v) is 22.6. The van der Waals surface area contributed by atoms with Gasteiger partial charge in [-0.1, -0.05) is 6.92 Å². The number of aliphatic hydroxyl groups excluding tert-OH is 3. The van der Waals surface area contributed by atoms with Crippen LogP contribution in [0, 0.1) is 0 Å². The van der Waals surface area contributed by atoms with E-state index in [2.05, 4.69) is 47.5 Å². The summed E-state index contributed by atoms with van der Waals surface area (Å²) in [4.78, 5) is 133. The van der Waals surface area contributed by atoms with Crippen molar-refractivity contribution < 1.29 is 63.3 Å². The zero-order chi connectivity index (χ0) is 51.9. The molecule has 0 aliphatic carbocycles. The maximum atomic E-state index is 13.8. The summed E-state index contributed by atoms with van der Waals surface area (Å²) in [5, 5.41) is 49.5. The number of aliphatic imine (C=N–C) groups is 1. The zero-order valence-electron chi connectivity index (χ0n) is 39.4. The number of unbranched alkanes of at least 4 members (excludes halogenated alkanes) is 2. The number of aldehydes is 1. The van der Waals surface area contributed by atoms with E-state index in [1.165, 1.54) is 13.8 Å². The van der Waals surface area contributed by atoms with Crippen LogP contribution in [0.3, 0.4) is 0 Å². The Morgan fingerprint density at radius 2 is 1.10 bits per heavy atom. The predicted octanol–water partition coefficient (Wildman–Crippen LogP) is -6.79. The van der Waals surface area contributed by atoms with Crippen LogP contribution in [-0.2, 0) is 47.9 Å². The Morgan fingerprint density at radius 1 is 0.603 bits per heavy atom. The maximum Gasteiger partial charge on any atom is 0.245 e. The van der Waals surface area contributed by atoms with Crippen LogP contribution in [0.25, 0.3) is 0 Å². The van der Waals surface area contributed by atoms with Crippen molar-refractivity contribution in [1.82, 2.24) is 42.5 Å².